The minimum absolute atomic E-state index is 0.195. The summed E-state index contributed by atoms with van der Waals surface area (Å²) >= 11 is 0. The van der Waals surface area contributed by atoms with E-state index in [0.717, 1.165) is 25.1 Å². The summed E-state index contributed by atoms with van der Waals surface area (Å²) in [4.78, 5) is 3.92. The van der Waals surface area contributed by atoms with Gasteiger partial charge in [-0.15, -0.1) is 0 Å². The number of anilines is 1. The lowest BCUT2D eigenvalue weighted by atomic mass is 10.2. The maximum absolute atomic E-state index is 9.01. The zero-order valence-corrected chi connectivity index (χ0v) is 7.90. The van der Waals surface area contributed by atoms with Crippen LogP contribution in [-0.4, -0.2) is 22.7 Å². The molecule has 0 radical (unpaired) electrons. The molecule has 0 aliphatic carbocycles. The second kappa shape index (κ2) is 5.54. The van der Waals surface area contributed by atoms with Crippen LogP contribution in [0.5, 0.6) is 0 Å². The Morgan fingerprint density at radius 3 is 2.77 bits per heavy atom. The molecule has 1 aromatic heterocycles. The Bertz CT molecular complexity index is 224. The molecular weight excluding hydrogens is 164 g/mol. The monoisotopic (exact) mass is 180 g/mol. The lowest BCUT2D eigenvalue weighted by molar-refractivity contribution is 0.183. The average Bonchev–Trinajstić information content (AvgIpc) is 2.14. The number of aromatic nitrogens is 1. The maximum Gasteiger partial charge on any atom is 0.0512 e. The summed E-state index contributed by atoms with van der Waals surface area (Å²) in [7, 11) is 0. The molecule has 1 atom stereocenters. The highest BCUT2D eigenvalue weighted by atomic mass is 16.3. The minimum atomic E-state index is -0.195. The van der Waals surface area contributed by atoms with Crippen LogP contribution in [0.2, 0.25) is 0 Å². The quantitative estimate of drug-likeness (QED) is 0.677. The van der Waals surface area contributed by atoms with Crippen LogP contribution >= 0.6 is 0 Å². The van der Waals surface area contributed by atoms with Crippen LogP contribution in [0.1, 0.15) is 19.8 Å². The first kappa shape index (κ1) is 9.99. The van der Waals surface area contributed by atoms with Gasteiger partial charge in [0, 0.05) is 24.6 Å². The smallest absolute Gasteiger partial charge is 0.0512 e. The highest BCUT2D eigenvalue weighted by Gasteiger charge is 1.94. The van der Waals surface area contributed by atoms with Gasteiger partial charge in [-0.25, -0.2) is 0 Å². The van der Waals surface area contributed by atoms with E-state index in [1.165, 1.54) is 0 Å². The SMILES string of the molecule is CC(O)CCCNc1ccncc1. The van der Waals surface area contributed by atoms with Crippen LogP contribution in [0.4, 0.5) is 5.69 Å². The van der Waals surface area contributed by atoms with E-state index in [2.05, 4.69) is 10.3 Å². The van der Waals surface area contributed by atoms with Gasteiger partial charge in [-0.05, 0) is 31.9 Å². The van der Waals surface area contributed by atoms with Crippen molar-refractivity contribution in [3.63, 3.8) is 0 Å². The molecule has 0 saturated carbocycles. The molecule has 0 aliphatic rings. The summed E-state index contributed by atoms with van der Waals surface area (Å²) in [5.41, 5.74) is 1.08. The highest BCUT2D eigenvalue weighted by molar-refractivity contribution is 5.40. The minimum Gasteiger partial charge on any atom is -0.393 e. The van der Waals surface area contributed by atoms with Gasteiger partial charge in [-0.2, -0.15) is 0 Å². The third-order valence-electron chi connectivity index (χ3n) is 1.81. The third-order valence-corrected chi connectivity index (χ3v) is 1.81. The van der Waals surface area contributed by atoms with Crippen molar-refractivity contribution >= 4 is 5.69 Å². The molecule has 1 aromatic rings. The van der Waals surface area contributed by atoms with E-state index in [4.69, 9.17) is 5.11 Å². The topological polar surface area (TPSA) is 45.1 Å². The van der Waals surface area contributed by atoms with E-state index >= 15 is 0 Å². The van der Waals surface area contributed by atoms with Crippen molar-refractivity contribution in [1.29, 1.82) is 0 Å². The first-order valence-corrected chi connectivity index (χ1v) is 4.61. The van der Waals surface area contributed by atoms with Gasteiger partial charge in [0.2, 0.25) is 0 Å². The van der Waals surface area contributed by atoms with Crippen LogP contribution in [0.3, 0.4) is 0 Å². The van der Waals surface area contributed by atoms with Crippen molar-refractivity contribution in [3.8, 4) is 0 Å². The Labute approximate surface area is 78.8 Å². The van der Waals surface area contributed by atoms with E-state index in [1.807, 2.05) is 19.1 Å². The summed E-state index contributed by atoms with van der Waals surface area (Å²) in [6.07, 6.45) is 5.16. The van der Waals surface area contributed by atoms with Gasteiger partial charge in [-0.1, -0.05) is 0 Å². The Morgan fingerprint density at radius 1 is 1.46 bits per heavy atom. The summed E-state index contributed by atoms with van der Waals surface area (Å²) in [5, 5.41) is 12.3. The molecule has 3 heteroatoms. The van der Waals surface area contributed by atoms with Gasteiger partial charge < -0.3 is 10.4 Å². The Morgan fingerprint density at radius 2 is 2.15 bits per heavy atom. The molecule has 0 saturated heterocycles. The molecule has 72 valence electrons. The lowest BCUT2D eigenvalue weighted by Crippen LogP contribution is -2.06. The Kier molecular flexibility index (Phi) is 4.26. The van der Waals surface area contributed by atoms with Crippen molar-refractivity contribution in [2.24, 2.45) is 0 Å². The van der Waals surface area contributed by atoms with Crippen LogP contribution < -0.4 is 5.32 Å². The molecule has 0 bridgehead atoms. The van der Waals surface area contributed by atoms with E-state index in [9.17, 15) is 0 Å². The number of hydrogen-bond acceptors (Lipinski definition) is 3. The first-order chi connectivity index (χ1) is 6.29. The molecule has 0 amide bonds. The van der Waals surface area contributed by atoms with Crippen LogP contribution in [0.15, 0.2) is 24.5 Å². The van der Waals surface area contributed by atoms with Gasteiger partial charge in [0.25, 0.3) is 0 Å². The van der Waals surface area contributed by atoms with Crippen molar-refractivity contribution in [2.45, 2.75) is 25.9 Å². The van der Waals surface area contributed by atoms with E-state index in [1.54, 1.807) is 12.4 Å². The fourth-order valence-corrected chi connectivity index (χ4v) is 1.10. The number of pyridine rings is 1. The van der Waals surface area contributed by atoms with Gasteiger partial charge in [0.15, 0.2) is 0 Å². The van der Waals surface area contributed by atoms with Gasteiger partial charge in [0.05, 0.1) is 6.10 Å². The Balaban J connectivity index is 2.13. The van der Waals surface area contributed by atoms with E-state index < -0.39 is 0 Å². The number of nitrogens with zero attached hydrogens (tertiary/aromatic N) is 1. The van der Waals surface area contributed by atoms with E-state index in [-0.39, 0.29) is 6.10 Å². The largest absolute Gasteiger partial charge is 0.393 e. The zero-order valence-electron chi connectivity index (χ0n) is 7.90. The van der Waals surface area contributed by atoms with Crippen molar-refractivity contribution < 1.29 is 5.11 Å². The van der Waals surface area contributed by atoms with Crippen LogP contribution in [-0.2, 0) is 0 Å². The zero-order chi connectivity index (χ0) is 9.52. The number of nitrogens with one attached hydrogen (secondary N) is 1. The molecule has 1 unspecified atom stereocenters. The highest BCUT2D eigenvalue weighted by Crippen LogP contribution is 2.04. The van der Waals surface area contributed by atoms with Gasteiger partial charge >= 0.3 is 0 Å². The molecule has 3 nitrogen and oxygen atoms in total. The lowest BCUT2D eigenvalue weighted by Gasteiger charge is -2.06. The molecular formula is C10H16N2O. The summed E-state index contributed by atoms with van der Waals surface area (Å²) in [6, 6.07) is 3.87. The van der Waals surface area contributed by atoms with Crippen LogP contribution in [0.25, 0.3) is 0 Å². The Hall–Kier alpha value is -1.09. The van der Waals surface area contributed by atoms with Crippen molar-refractivity contribution in [1.82, 2.24) is 4.98 Å². The van der Waals surface area contributed by atoms with Crippen LogP contribution in [0, 0.1) is 0 Å². The molecule has 0 aliphatic heterocycles. The molecule has 0 aromatic carbocycles. The van der Waals surface area contributed by atoms with E-state index in [0.29, 0.717) is 0 Å². The summed E-state index contributed by atoms with van der Waals surface area (Å²) in [5.74, 6) is 0. The number of aliphatic hydroxyl groups excluding tert-OH is 1. The normalized spacial score (nSPS) is 12.5. The fraction of sp³-hybridized carbons (Fsp3) is 0.500. The third kappa shape index (κ3) is 4.48. The molecule has 13 heavy (non-hydrogen) atoms. The standard InChI is InChI=1S/C10H16N2O/c1-9(13)3-2-6-12-10-4-7-11-8-5-10/h4-5,7-9,13H,2-3,6H2,1H3,(H,11,12). The number of rotatable bonds is 5. The summed E-state index contributed by atoms with van der Waals surface area (Å²) in [6.45, 7) is 2.71. The first-order valence-electron chi connectivity index (χ1n) is 4.61. The maximum atomic E-state index is 9.01. The van der Waals surface area contributed by atoms with Crippen molar-refractivity contribution in [2.75, 3.05) is 11.9 Å². The predicted octanol–water partition coefficient (Wildman–Crippen LogP) is 1.65. The predicted molar refractivity (Wildman–Crippen MR) is 53.6 cm³/mol. The van der Waals surface area contributed by atoms with Gasteiger partial charge in [-0.3, -0.25) is 4.98 Å². The summed E-state index contributed by atoms with van der Waals surface area (Å²) < 4.78 is 0. The molecule has 0 fully saturated rings. The molecule has 2 N–H and O–H groups in total. The number of hydrogen-bond donors (Lipinski definition) is 2. The molecule has 0 spiro atoms. The van der Waals surface area contributed by atoms with Gasteiger partial charge in [0.1, 0.15) is 0 Å². The number of aliphatic hydroxyl groups is 1. The second-order valence-electron chi connectivity index (χ2n) is 3.15. The molecule has 1 heterocycles. The molecule has 1 rings (SSSR count). The average molecular weight is 180 g/mol. The fourth-order valence-electron chi connectivity index (χ4n) is 1.10. The van der Waals surface area contributed by atoms with Crippen molar-refractivity contribution in [3.05, 3.63) is 24.5 Å². The second-order valence-corrected chi connectivity index (χ2v) is 3.15.